The molecule has 12 heteroatoms. The molecule has 0 fully saturated rings. The summed E-state index contributed by atoms with van der Waals surface area (Å²) in [5.41, 5.74) is 1.18. The molecule has 0 heterocycles. The molecule has 0 saturated carbocycles. The van der Waals surface area contributed by atoms with Crippen LogP contribution < -0.4 is 14.4 Å². The normalized spacial score (nSPS) is 11.9. The number of likely N-dealkylation sites (N-methyl/N-ethyl adjacent to an activating group) is 1. The summed E-state index contributed by atoms with van der Waals surface area (Å²) < 4.78 is 31.2. The van der Waals surface area contributed by atoms with Crippen LogP contribution in [-0.2, 0) is 26.2 Å². The largest absolute Gasteiger partial charge is 0.495 e. The van der Waals surface area contributed by atoms with Gasteiger partial charge in [0.2, 0.25) is 21.8 Å². The van der Waals surface area contributed by atoms with Gasteiger partial charge in [0.25, 0.3) is 5.69 Å². The van der Waals surface area contributed by atoms with Crippen LogP contribution in [0.5, 0.6) is 5.75 Å². The number of ether oxygens (including phenoxy) is 1. The van der Waals surface area contributed by atoms with Gasteiger partial charge in [0, 0.05) is 25.7 Å². The van der Waals surface area contributed by atoms with Crippen LogP contribution in [0.25, 0.3) is 0 Å². The van der Waals surface area contributed by atoms with Gasteiger partial charge >= 0.3 is 0 Å². The van der Waals surface area contributed by atoms with Gasteiger partial charge in [0.1, 0.15) is 24.0 Å². The van der Waals surface area contributed by atoms with E-state index in [1.54, 1.807) is 6.07 Å². The number of carbonyl (C=O) groups excluding carboxylic acids is 2. The zero-order valence-electron chi connectivity index (χ0n) is 19.6. The maximum absolute atomic E-state index is 13.4. The number of nitrogens with one attached hydrogen (secondary N) is 1. The number of aryl methyl sites for hydroxylation is 1. The molecule has 0 aliphatic carbocycles. The predicted octanol–water partition coefficient (Wildman–Crippen LogP) is 1.84. The Hall–Kier alpha value is -3.67. The van der Waals surface area contributed by atoms with E-state index >= 15 is 0 Å². The molecule has 0 spiro atoms. The smallest absolute Gasteiger partial charge is 0.271 e. The van der Waals surface area contributed by atoms with Gasteiger partial charge in [-0.15, -0.1) is 0 Å². The number of carbonyl (C=O) groups is 2. The number of nitro groups is 1. The number of hydrogen-bond acceptors (Lipinski definition) is 7. The number of non-ortho nitro benzene ring substituents is 1. The van der Waals surface area contributed by atoms with Crippen LogP contribution in [0.2, 0.25) is 0 Å². The van der Waals surface area contributed by atoms with Crippen molar-refractivity contribution in [3.05, 3.63) is 63.7 Å². The van der Waals surface area contributed by atoms with Crippen molar-refractivity contribution in [2.24, 2.45) is 0 Å². The highest BCUT2D eigenvalue weighted by atomic mass is 32.2. The maximum atomic E-state index is 13.4. The van der Waals surface area contributed by atoms with E-state index in [-0.39, 0.29) is 23.7 Å². The van der Waals surface area contributed by atoms with E-state index in [0.29, 0.717) is 0 Å². The Morgan fingerprint density at radius 1 is 1.21 bits per heavy atom. The molecule has 0 aliphatic rings. The van der Waals surface area contributed by atoms with Gasteiger partial charge in [-0.3, -0.25) is 24.0 Å². The Bertz CT molecular complexity index is 1180. The minimum Gasteiger partial charge on any atom is -0.495 e. The van der Waals surface area contributed by atoms with Crippen molar-refractivity contribution >= 4 is 33.2 Å². The lowest BCUT2D eigenvalue weighted by molar-refractivity contribution is -0.384. The van der Waals surface area contributed by atoms with Gasteiger partial charge in [-0.05, 0) is 25.5 Å². The first-order valence-electron chi connectivity index (χ1n) is 10.3. The third kappa shape index (κ3) is 6.44. The Kier molecular flexibility index (Phi) is 8.57. The summed E-state index contributed by atoms with van der Waals surface area (Å²) in [5.74, 6) is -1.06. The third-order valence-corrected chi connectivity index (χ3v) is 6.30. The molecule has 0 aliphatic heterocycles. The summed E-state index contributed by atoms with van der Waals surface area (Å²) in [7, 11) is -1.35. The minimum atomic E-state index is -4.07. The fourth-order valence-electron chi connectivity index (χ4n) is 3.38. The number of rotatable bonds is 10. The van der Waals surface area contributed by atoms with Crippen LogP contribution in [0.4, 0.5) is 11.4 Å². The number of nitro benzene ring substituents is 1. The predicted molar refractivity (Wildman–Crippen MR) is 127 cm³/mol. The van der Waals surface area contributed by atoms with Gasteiger partial charge < -0.3 is 15.0 Å². The molecule has 1 atom stereocenters. The highest BCUT2D eigenvalue weighted by Gasteiger charge is 2.31. The van der Waals surface area contributed by atoms with E-state index in [0.717, 1.165) is 27.8 Å². The Morgan fingerprint density at radius 2 is 1.88 bits per heavy atom. The fraction of sp³-hybridized carbons (Fsp3) is 0.364. The first-order chi connectivity index (χ1) is 15.9. The van der Waals surface area contributed by atoms with Crippen molar-refractivity contribution < 1.29 is 27.7 Å². The summed E-state index contributed by atoms with van der Waals surface area (Å²) in [6.45, 7) is 2.78. The molecular weight excluding hydrogens is 464 g/mol. The molecule has 1 unspecified atom stereocenters. The molecule has 34 heavy (non-hydrogen) atoms. The number of hydrogen-bond donors (Lipinski definition) is 1. The van der Waals surface area contributed by atoms with Gasteiger partial charge in [-0.1, -0.05) is 29.8 Å². The van der Waals surface area contributed by atoms with Crippen LogP contribution in [0, 0.1) is 17.0 Å². The van der Waals surface area contributed by atoms with E-state index in [4.69, 9.17) is 4.74 Å². The number of methoxy groups -OCH3 is 1. The molecule has 2 aromatic carbocycles. The van der Waals surface area contributed by atoms with E-state index in [9.17, 15) is 28.1 Å². The summed E-state index contributed by atoms with van der Waals surface area (Å²) >= 11 is 0. The number of amides is 2. The molecule has 0 bridgehead atoms. The maximum Gasteiger partial charge on any atom is 0.271 e. The fourth-order valence-corrected chi connectivity index (χ4v) is 4.23. The molecule has 184 valence electrons. The second-order valence-corrected chi connectivity index (χ2v) is 9.59. The third-order valence-electron chi connectivity index (χ3n) is 5.17. The summed E-state index contributed by atoms with van der Waals surface area (Å²) in [4.78, 5) is 37.6. The second-order valence-electron chi connectivity index (χ2n) is 7.68. The van der Waals surface area contributed by atoms with Crippen molar-refractivity contribution in [1.82, 2.24) is 10.2 Å². The SMILES string of the molecule is CNC(=O)C(C)N(Cc1cccc(C)c1)C(=O)CN(c1cc([N+](=O)[O-])ccc1OC)S(C)(=O)=O. The molecule has 2 rings (SSSR count). The van der Waals surface area contributed by atoms with Crippen molar-refractivity contribution in [3.63, 3.8) is 0 Å². The van der Waals surface area contributed by atoms with E-state index in [2.05, 4.69) is 5.32 Å². The van der Waals surface area contributed by atoms with Crippen LogP contribution in [0.1, 0.15) is 18.1 Å². The first kappa shape index (κ1) is 26.6. The zero-order valence-corrected chi connectivity index (χ0v) is 20.5. The van der Waals surface area contributed by atoms with E-state index in [1.165, 1.54) is 38.1 Å². The summed E-state index contributed by atoms with van der Waals surface area (Å²) in [6, 6.07) is 9.89. The molecule has 0 aromatic heterocycles. The van der Waals surface area contributed by atoms with E-state index in [1.807, 2.05) is 25.1 Å². The highest BCUT2D eigenvalue weighted by Crippen LogP contribution is 2.33. The number of anilines is 1. The van der Waals surface area contributed by atoms with Crippen LogP contribution >= 0.6 is 0 Å². The standard InChI is InChI=1S/C22H28N4O7S/c1-15-7-6-8-17(11-15)13-24(16(2)22(28)23-3)21(27)14-25(34(5,31)32)19-12-18(26(29)30)9-10-20(19)33-4/h6-12,16H,13-14H2,1-5H3,(H,23,28). The van der Waals surface area contributed by atoms with Gasteiger partial charge in [-0.25, -0.2) is 8.42 Å². The van der Waals surface area contributed by atoms with Crippen molar-refractivity contribution in [2.75, 3.05) is 31.3 Å². The average molecular weight is 493 g/mol. The lowest BCUT2D eigenvalue weighted by Crippen LogP contribution is -2.50. The first-order valence-corrected chi connectivity index (χ1v) is 12.1. The molecule has 0 saturated heterocycles. The topological polar surface area (TPSA) is 139 Å². The molecule has 2 amide bonds. The lowest BCUT2D eigenvalue weighted by atomic mass is 10.1. The molecular formula is C22H28N4O7S. The quantitative estimate of drug-likeness (QED) is 0.394. The number of sulfonamides is 1. The molecule has 0 radical (unpaired) electrons. The van der Waals surface area contributed by atoms with Crippen LogP contribution in [-0.4, -0.2) is 63.1 Å². The zero-order chi connectivity index (χ0) is 25.6. The minimum absolute atomic E-state index is 0.0356. The van der Waals surface area contributed by atoms with Crippen LogP contribution in [0.15, 0.2) is 42.5 Å². The van der Waals surface area contributed by atoms with Gasteiger partial charge in [0.05, 0.1) is 18.3 Å². The van der Waals surface area contributed by atoms with Gasteiger partial charge in [-0.2, -0.15) is 0 Å². The highest BCUT2D eigenvalue weighted by molar-refractivity contribution is 7.92. The Morgan fingerprint density at radius 3 is 2.41 bits per heavy atom. The van der Waals surface area contributed by atoms with Crippen molar-refractivity contribution in [1.29, 1.82) is 0 Å². The van der Waals surface area contributed by atoms with E-state index < -0.39 is 39.3 Å². The molecule has 11 nitrogen and oxygen atoms in total. The number of benzene rings is 2. The summed E-state index contributed by atoms with van der Waals surface area (Å²) in [5, 5.41) is 13.8. The van der Waals surface area contributed by atoms with Crippen molar-refractivity contribution in [2.45, 2.75) is 26.4 Å². The Balaban J connectivity index is 2.51. The monoisotopic (exact) mass is 492 g/mol. The van der Waals surface area contributed by atoms with Gasteiger partial charge in [0.15, 0.2) is 0 Å². The molecule has 1 N–H and O–H groups in total. The average Bonchev–Trinajstić information content (AvgIpc) is 2.78. The lowest BCUT2D eigenvalue weighted by Gasteiger charge is -2.31. The second kappa shape index (κ2) is 11.0. The Labute approximate surface area is 198 Å². The molecule has 2 aromatic rings. The van der Waals surface area contributed by atoms with Crippen molar-refractivity contribution in [3.8, 4) is 5.75 Å². The number of nitrogens with zero attached hydrogens (tertiary/aromatic N) is 3. The van der Waals surface area contributed by atoms with Crippen LogP contribution in [0.3, 0.4) is 0 Å². The summed E-state index contributed by atoms with van der Waals surface area (Å²) in [6.07, 6.45) is 0.881.